The number of hydrogen-bond acceptors (Lipinski definition) is 2. The topological polar surface area (TPSA) is 26.3 Å². The quantitative estimate of drug-likeness (QED) is 0.379. The highest BCUT2D eigenvalue weighted by Gasteiger charge is 2.95. The molecule has 148 valence electrons. The standard InChI is InChI=1S/C10H5F13O2/c1-3(2)4(24)25-5(8(15,16)17,9(18,19)20)6(11,12)7(13,14)10(21,22)23/h1H2,2H3/i1D2,2D3. The molecule has 25 heavy (non-hydrogen) atoms. The molecule has 0 unspecified atom stereocenters. The van der Waals surface area contributed by atoms with Crippen LogP contribution >= 0.6 is 0 Å². The molecular weight excluding hydrogens is 399 g/mol. The van der Waals surface area contributed by atoms with Crippen LogP contribution in [-0.2, 0) is 9.53 Å². The van der Waals surface area contributed by atoms with E-state index in [4.69, 9.17) is 6.85 Å². The first-order valence-electron chi connectivity index (χ1n) is 7.57. The summed E-state index contributed by atoms with van der Waals surface area (Å²) < 4.78 is 203. The normalized spacial score (nSPS) is 18.4. The van der Waals surface area contributed by atoms with Crippen molar-refractivity contribution in [1.29, 1.82) is 0 Å². The van der Waals surface area contributed by atoms with E-state index in [2.05, 4.69) is 4.74 Å². The zero-order chi connectivity index (χ0) is 24.9. The Morgan fingerprint density at radius 1 is 0.800 bits per heavy atom. The fourth-order valence-electron chi connectivity index (χ4n) is 1.29. The molecule has 0 fully saturated rings. The first-order chi connectivity index (χ1) is 12.7. The highest BCUT2D eigenvalue weighted by molar-refractivity contribution is 5.87. The Morgan fingerprint density at radius 3 is 1.44 bits per heavy atom. The molecule has 0 saturated carbocycles. The van der Waals surface area contributed by atoms with Crippen LogP contribution in [0, 0.1) is 0 Å². The van der Waals surface area contributed by atoms with E-state index in [1.807, 2.05) is 0 Å². The van der Waals surface area contributed by atoms with Crippen LogP contribution < -0.4 is 0 Å². The molecule has 0 N–H and O–H groups in total. The van der Waals surface area contributed by atoms with E-state index in [-0.39, 0.29) is 0 Å². The Morgan fingerprint density at radius 2 is 1.20 bits per heavy atom. The second kappa shape index (κ2) is 5.93. The Kier molecular flexibility index (Phi) is 3.69. The smallest absolute Gasteiger partial charge is 0.431 e. The third kappa shape index (κ3) is 3.36. The van der Waals surface area contributed by atoms with Crippen molar-refractivity contribution in [2.45, 2.75) is 42.8 Å². The van der Waals surface area contributed by atoms with Crippen LogP contribution in [0.25, 0.3) is 0 Å². The summed E-state index contributed by atoms with van der Waals surface area (Å²) in [7, 11) is 0. The van der Waals surface area contributed by atoms with Crippen molar-refractivity contribution in [3.05, 3.63) is 12.1 Å². The second-order valence-corrected chi connectivity index (χ2v) is 4.09. The van der Waals surface area contributed by atoms with Crippen LogP contribution in [0.3, 0.4) is 0 Å². The van der Waals surface area contributed by atoms with Crippen LogP contribution in [0.15, 0.2) is 12.1 Å². The Hall–Kier alpha value is -1.70. The minimum absolute atomic E-state index is 2.29. The lowest BCUT2D eigenvalue weighted by atomic mass is 9.88. The van der Waals surface area contributed by atoms with Gasteiger partial charge in [0.05, 0.1) is 2.74 Å². The van der Waals surface area contributed by atoms with Gasteiger partial charge in [0.2, 0.25) is 0 Å². The molecule has 0 radical (unpaired) electrons. The molecule has 0 aromatic heterocycles. The summed E-state index contributed by atoms with van der Waals surface area (Å²) in [5.74, 6) is -20.2. The van der Waals surface area contributed by atoms with Gasteiger partial charge in [-0.3, -0.25) is 0 Å². The molecule has 15 heteroatoms. The molecule has 0 aromatic carbocycles. The average Bonchev–Trinajstić information content (AvgIpc) is 2.37. The maximum absolute atomic E-state index is 13.7. The largest absolute Gasteiger partial charge is 0.460 e. The van der Waals surface area contributed by atoms with E-state index in [1.54, 1.807) is 0 Å². The van der Waals surface area contributed by atoms with Crippen LogP contribution in [0.1, 0.15) is 13.7 Å². The molecule has 0 bridgehead atoms. The molecule has 0 saturated heterocycles. The molecule has 0 aliphatic rings. The maximum atomic E-state index is 13.7. The van der Waals surface area contributed by atoms with E-state index in [0.717, 1.165) is 0 Å². The lowest BCUT2D eigenvalue weighted by molar-refractivity contribution is -0.472. The number of carbonyl (C=O) groups is 1. The number of esters is 1. The molecule has 0 spiro atoms. The second-order valence-electron chi connectivity index (χ2n) is 4.09. The zero-order valence-electron chi connectivity index (χ0n) is 15.7. The number of ether oxygens (including phenoxy) is 1. The Labute approximate surface area is 136 Å². The van der Waals surface area contributed by atoms with Gasteiger partial charge in [-0.25, -0.2) is 4.79 Å². The molecule has 0 atom stereocenters. The van der Waals surface area contributed by atoms with Gasteiger partial charge in [0.15, 0.2) is 0 Å². The summed E-state index contributed by atoms with van der Waals surface area (Å²) in [6.45, 7) is -6.72. The third-order valence-electron chi connectivity index (χ3n) is 2.44. The van der Waals surface area contributed by atoms with Crippen LogP contribution in [0.4, 0.5) is 57.1 Å². The lowest BCUT2D eigenvalue weighted by Crippen LogP contribution is -2.76. The molecule has 0 rings (SSSR count). The third-order valence-corrected chi connectivity index (χ3v) is 2.44. The lowest BCUT2D eigenvalue weighted by Gasteiger charge is -2.43. The molecule has 0 heterocycles. The zero-order valence-corrected chi connectivity index (χ0v) is 10.7. The number of hydrogen-bond donors (Lipinski definition) is 0. The number of rotatable bonds is 4. The van der Waals surface area contributed by atoms with Crippen LogP contribution in [0.5, 0.6) is 0 Å². The predicted octanol–water partition coefficient (Wildman–Crippen LogP) is 4.80. The molecular formula is C10H5F13O2. The van der Waals surface area contributed by atoms with E-state index >= 15 is 0 Å². The van der Waals surface area contributed by atoms with Gasteiger partial charge in [-0.2, -0.15) is 57.1 Å². The molecule has 0 aromatic rings. The van der Waals surface area contributed by atoms with Crippen molar-refractivity contribution in [2.75, 3.05) is 0 Å². The first-order valence-corrected chi connectivity index (χ1v) is 5.07. The van der Waals surface area contributed by atoms with E-state index in [1.165, 1.54) is 0 Å². The van der Waals surface area contributed by atoms with Gasteiger partial charge >= 0.3 is 41.9 Å². The molecule has 0 aliphatic carbocycles. The van der Waals surface area contributed by atoms with Gasteiger partial charge in [0.25, 0.3) is 0 Å². The number of carbonyl (C=O) groups excluding carboxylic acids is 1. The molecule has 0 amide bonds. The van der Waals surface area contributed by atoms with Crippen molar-refractivity contribution >= 4 is 5.97 Å². The fraction of sp³-hybridized carbons (Fsp3) is 0.700. The summed E-state index contributed by atoms with van der Waals surface area (Å²) in [5.41, 5.74) is -10.7. The minimum Gasteiger partial charge on any atom is -0.431 e. The SMILES string of the molecule is [2H]C([2H])=C(C(=O)OC(C(F)(F)F)(C(F)(F)F)C(F)(F)C(F)(F)C(F)(F)F)C([2H])([2H])[2H]. The van der Waals surface area contributed by atoms with Crippen LogP contribution in [0.2, 0.25) is 0 Å². The number of halogens is 13. The Balaban J connectivity index is 7.28. The maximum Gasteiger partial charge on any atom is 0.460 e. The summed E-state index contributed by atoms with van der Waals surface area (Å²) in [6.07, 6.45) is -23.6. The number of alkyl halides is 13. The average molecular weight is 409 g/mol. The van der Waals surface area contributed by atoms with Gasteiger partial charge in [-0.1, -0.05) is 6.53 Å². The first kappa shape index (κ1) is 15.5. The van der Waals surface area contributed by atoms with Crippen LogP contribution in [-0.4, -0.2) is 41.9 Å². The van der Waals surface area contributed by atoms with Gasteiger partial charge < -0.3 is 4.74 Å². The Bertz CT molecular complexity index is 683. The van der Waals surface area contributed by atoms with E-state index in [9.17, 15) is 61.9 Å². The van der Waals surface area contributed by atoms with Crippen molar-refractivity contribution in [1.82, 2.24) is 0 Å². The summed E-state index contributed by atoms with van der Waals surface area (Å²) in [5, 5.41) is 0. The summed E-state index contributed by atoms with van der Waals surface area (Å²) >= 11 is 0. The van der Waals surface area contributed by atoms with Crippen molar-refractivity contribution < 1.29 is 73.5 Å². The monoisotopic (exact) mass is 409 g/mol. The highest BCUT2D eigenvalue weighted by Crippen LogP contribution is 2.61. The predicted molar refractivity (Wildman–Crippen MR) is 51.7 cm³/mol. The van der Waals surface area contributed by atoms with Crippen molar-refractivity contribution in [3.8, 4) is 0 Å². The molecule has 0 aliphatic heterocycles. The minimum atomic E-state index is -8.34. The van der Waals surface area contributed by atoms with Crippen molar-refractivity contribution in [3.63, 3.8) is 0 Å². The highest BCUT2D eigenvalue weighted by atomic mass is 19.4. The fourth-order valence-corrected chi connectivity index (χ4v) is 1.29. The summed E-state index contributed by atoms with van der Waals surface area (Å²) in [4.78, 5) is 11.4. The van der Waals surface area contributed by atoms with Gasteiger partial charge in [-0.15, -0.1) is 0 Å². The van der Waals surface area contributed by atoms with E-state index < -0.39 is 60.9 Å². The summed E-state index contributed by atoms with van der Waals surface area (Å²) in [6, 6.07) is 0. The van der Waals surface area contributed by atoms with Crippen molar-refractivity contribution in [2.24, 2.45) is 0 Å². The van der Waals surface area contributed by atoms with Gasteiger partial charge in [0.1, 0.15) is 0 Å². The van der Waals surface area contributed by atoms with Gasteiger partial charge in [0, 0.05) is 9.69 Å². The molecule has 2 nitrogen and oxygen atoms in total. The van der Waals surface area contributed by atoms with Gasteiger partial charge in [-0.05, 0) is 6.85 Å². The van der Waals surface area contributed by atoms with E-state index in [0.29, 0.717) is 0 Å².